The van der Waals surface area contributed by atoms with E-state index in [1.807, 2.05) is 50.2 Å². The first-order valence-corrected chi connectivity index (χ1v) is 14.5. The molecule has 0 aliphatic heterocycles. The molecule has 0 atom stereocenters. The van der Waals surface area contributed by atoms with E-state index in [1.165, 1.54) is 11.1 Å². The van der Waals surface area contributed by atoms with E-state index in [0.717, 1.165) is 11.3 Å². The molecule has 222 valence electrons. The molecule has 0 fully saturated rings. The normalized spacial score (nSPS) is 11.3. The van der Waals surface area contributed by atoms with Crippen molar-refractivity contribution in [1.29, 1.82) is 0 Å². The van der Waals surface area contributed by atoms with E-state index in [0.29, 0.717) is 42.7 Å². The van der Waals surface area contributed by atoms with Crippen molar-refractivity contribution in [1.82, 2.24) is 9.78 Å². The number of hydrogen-bond acceptors (Lipinski definition) is 6. The molecule has 2 aromatic heterocycles. The van der Waals surface area contributed by atoms with E-state index in [2.05, 4.69) is 60.7 Å². The summed E-state index contributed by atoms with van der Waals surface area (Å²) in [6.45, 7) is 10.1. The third-order valence-corrected chi connectivity index (χ3v) is 7.18. The second kappa shape index (κ2) is 13.3. The van der Waals surface area contributed by atoms with Crippen LogP contribution in [0, 0.1) is 0 Å². The van der Waals surface area contributed by atoms with Crippen LogP contribution in [0.5, 0.6) is 17.2 Å². The quantitative estimate of drug-likeness (QED) is 0.156. The Kier molecular flexibility index (Phi) is 9.15. The fourth-order valence-corrected chi connectivity index (χ4v) is 4.81. The molecular formula is C35H37N3O5. The molecule has 0 unspecified atom stereocenters. The highest BCUT2D eigenvalue weighted by molar-refractivity contribution is 6.02. The van der Waals surface area contributed by atoms with Crippen molar-refractivity contribution >= 4 is 11.6 Å². The van der Waals surface area contributed by atoms with Crippen LogP contribution < -0.4 is 19.5 Å². The number of carbonyl (C=O) groups excluding carboxylic acids is 1. The molecule has 8 nitrogen and oxygen atoms in total. The molecule has 1 amide bonds. The van der Waals surface area contributed by atoms with Gasteiger partial charge >= 0.3 is 0 Å². The van der Waals surface area contributed by atoms with Crippen LogP contribution in [0.15, 0.2) is 102 Å². The van der Waals surface area contributed by atoms with Crippen molar-refractivity contribution < 1.29 is 23.4 Å². The Labute approximate surface area is 252 Å². The standard InChI is InChI=1S/C35H37N3O5/c1-5-40-31-18-12-25(20-33(31)41-6-2)22-38-23-28(21-36-38)37-34(39)32-19-17-30(43-32)24-42-29-15-13-27(14-16-29)35(3,4)26-10-8-7-9-11-26/h7-21,23H,5-6,22,24H2,1-4H3,(H,37,39). The fourth-order valence-electron chi connectivity index (χ4n) is 4.81. The minimum absolute atomic E-state index is 0.123. The highest BCUT2D eigenvalue weighted by Gasteiger charge is 2.22. The monoisotopic (exact) mass is 579 g/mol. The third-order valence-electron chi connectivity index (χ3n) is 7.18. The molecule has 0 saturated heterocycles. The van der Waals surface area contributed by atoms with E-state index in [1.54, 1.807) is 29.2 Å². The maximum Gasteiger partial charge on any atom is 0.291 e. The van der Waals surface area contributed by atoms with Gasteiger partial charge in [0, 0.05) is 11.6 Å². The van der Waals surface area contributed by atoms with Crippen LogP contribution >= 0.6 is 0 Å². The Balaban J connectivity index is 1.14. The van der Waals surface area contributed by atoms with Crippen molar-refractivity contribution in [3.05, 3.63) is 126 Å². The largest absolute Gasteiger partial charge is 0.490 e. The van der Waals surface area contributed by atoms with Crippen LogP contribution in [0.2, 0.25) is 0 Å². The first-order chi connectivity index (χ1) is 20.9. The Bertz CT molecular complexity index is 1640. The van der Waals surface area contributed by atoms with Crippen LogP contribution in [-0.4, -0.2) is 28.9 Å². The van der Waals surface area contributed by atoms with Crippen LogP contribution in [0.25, 0.3) is 0 Å². The number of anilines is 1. The SMILES string of the molecule is CCOc1ccc(Cn2cc(NC(=O)c3ccc(COc4ccc(C(C)(C)c5ccccc5)cc4)o3)cn2)cc1OCC. The molecule has 0 bridgehead atoms. The van der Waals surface area contributed by atoms with Gasteiger partial charge in [0.15, 0.2) is 17.3 Å². The van der Waals surface area contributed by atoms with Gasteiger partial charge in [-0.2, -0.15) is 5.10 Å². The topological polar surface area (TPSA) is 87.8 Å². The van der Waals surface area contributed by atoms with Crippen LogP contribution in [0.3, 0.4) is 0 Å². The molecule has 2 heterocycles. The van der Waals surface area contributed by atoms with Crippen molar-refractivity contribution in [2.24, 2.45) is 0 Å². The highest BCUT2D eigenvalue weighted by Crippen LogP contribution is 2.32. The lowest BCUT2D eigenvalue weighted by atomic mass is 9.78. The second-order valence-electron chi connectivity index (χ2n) is 10.6. The van der Waals surface area contributed by atoms with Gasteiger partial charge < -0.3 is 23.9 Å². The number of carbonyl (C=O) groups is 1. The van der Waals surface area contributed by atoms with E-state index in [4.69, 9.17) is 18.6 Å². The minimum atomic E-state index is -0.363. The van der Waals surface area contributed by atoms with Gasteiger partial charge in [-0.25, -0.2) is 0 Å². The molecule has 1 N–H and O–H groups in total. The second-order valence-corrected chi connectivity index (χ2v) is 10.6. The third kappa shape index (κ3) is 7.27. The molecule has 5 rings (SSSR count). The average Bonchev–Trinajstić information content (AvgIpc) is 3.68. The summed E-state index contributed by atoms with van der Waals surface area (Å²) in [5, 5.41) is 7.22. The molecule has 0 aliphatic rings. The Hall–Kier alpha value is -4.98. The average molecular weight is 580 g/mol. The number of furan rings is 1. The van der Waals surface area contributed by atoms with E-state index in [-0.39, 0.29) is 23.7 Å². The molecular weight excluding hydrogens is 542 g/mol. The van der Waals surface area contributed by atoms with Gasteiger partial charge in [0.1, 0.15) is 18.1 Å². The summed E-state index contributed by atoms with van der Waals surface area (Å²) >= 11 is 0. The lowest BCUT2D eigenvalue weighted by Crippen LogP contribution is -2.18. The summed E-state index contributed by atoms with van der Waals surface area (Å²) in [4.78, 5) is 12.8. The fraction of sp³-hybridized carbons (Fsp3) is 0.257. The summed E-state index contributed by atoms with van der Waals surface area (Å²) in [6.07, 6.45) is 3.37. The summed E-state index contributed by atoms with van der Waals surface area (Å²) in [5.74, 6) is 2.52. The number of ether oxygens (including phenoxy) is 3. The molecule has 3 aromatic carbocycles. The lowest BCUT2D eigenvalue weighted by Gasteiger charge is -2.26. The summed E-state index contributed by atoms with van der Waals surface area (Å²) in [7, 11) is 0. The van der Waals surface area contributed by atoms with Gasteiger partial charge in [0.05, 0.1) is 31.6 Å². The Morgan fingerprint density at radius 1 is 0.860 bits per heavy atom. The number of amides is 1. The van der Waals surface area contributed by atoms with E-state index >= 15 is 0 Å². The van der Waals surface area contributed by atoms with Crippen molar-refractivity contribution in [3.8, 4) is 17.2 Å². The minimum Gasteiger partial charge on any atom is -0.490 e. The van der Waals surface area contributed by atoms with E-state index < -0.39 is 0 Å². The van der Waals surface area contributed by atoms with Gasteiger partial charge in [-0.05, 0) is 66.9 Å². The van der Waals surface area contributed by atoms with Gasteiger partial charge in [-0.1, -0.05) is 62.4 Å². The van der Waals surface area contributed by atoms with Crippen molar-refractivity contribution in [3.63, 3.8) is 0 Å². The zero-order valence-electron chi connectivity index (χ0n) is 25.0. The number of nitrogens with one attached hydrogen (secondary N) is 1. The number of aromatic nitrogens is 2. The molecule has 43 heavy (non-hydrogen) atoms. The van der Waals surface area contributed by atoms with Gasteiger partial charge in [-0.3, -0.25) is 9.48 Å². The molecule has 0 radical (unpaired) electrons. The zero-order chi connectivity index (χ0) is 30.2. The number of nitrogens with zero attached hydrogens (tertiary/aromatic N) is 2. The van der Waals surface area contributed by atoms with Crippen LogP contribution in [-0.2, 0) is 18.6 Å². The van der Waals surface area contributed by atoms with E-state index in [9.17, 15) is 4.79 Å². The maximum absolute atomic E-state index is 12.8. The molecule has 8 heteroatoms. The highest BCUT2D eigenvalue weighted by atomic mass is 16.5. The van der Waals surface area contributed by atoms with Gasteiger partial charge in [0.2, 0.25) is 0 Å². The predicted molar refractivity (Wildman–Crippen MR) is 166 cm³/mol. The first kappa shape index (κ1) is 29.5. The summed E-state index contributed by atoms with van der Waals surface area (Å²) < 4.78 is 24.8. The van der Waals surface area contributed by atoms with Crippen LogP contribution in [0.1, 0.15) is 60.7 Å². The Morgan fingerprint density at radius 3 is 2.33 bits per heavy atom. The van der Waals surface area contributed by atoms with Gasteiger partial charge in [-0.15, -0.1) is 0 Å². The summed E-state index contributed by atoms with van der Waals surface area (Å²) in [5.41, 5.74) is 3.89. The van der Waals surface area contributed by atoms with Crippen molar-refractivity contribution in [2.45, 2.75) is 46.3 Å². The molecule has 0 spiro atoms. The summed E-state index contributed by atoms with van der Waals surface area (Å²) in [6, 6.07) is 27.7. The van der Waals surface area contributed by atoms with Crippen molar-refractivity contribution in [2.75, 3.05) is 18.5 Å². The molecule has 5 aromatic rings. The first-order valence-electron chi connectivity index (χ1n) is 14.5. The maximum atomic E-state index is 12.8. The molecule has 0 saturated carbocycles. The lowest BCUT2D eigenvalue weighted by molar-refractivity contribution is 0.0992. The van der Waals surface area contributed by atoms with Crippen LogP contribution in [0.4, 0.5) is 5.69 Å². The number of hydrogen-bond donors (Lipinski definition) is 1. The smallest absolute Gasteiger partial charge is 0.291 e. The van der Waals surface area contributed by atoms with Gasteiger partial charge in [0.25, 0.3) is 5.91 Å². The zero-order valence-corrected chi connectivity index (χ0v) is 25.0. The number of rotatable bonds is 13. The number of benzene rings is 3. The Morgan fingerprint density at radius 2 is 1.58 bits per heavy atom. The predicted octanol–water partition coefficient (Wildman–Crippen LogP) is 7.48. The molecule has 0 aliphatic carbocycles.